The minimum atomic E-state index is 0.742. The molecule has 3 aromatic rings. The molecular weight excluding hydrogens is 402 g/mol. The largest absolute Gasteiger partial charge is 0.369 e. The van der Waals surface area contributed by atoms with Gasteiger partial charge in [-0.15, -0.1) is 0 Å². The number of aromatic nitrogens is 2. The van der Waals surface area contributed by atoms with E-state index < -0.39 is 0 Å². The molecule has 0 saturated heterocycles. The fourth-order valence-corrected chi connectivity index (χ4v) is 3.67. The Morgan fingerprint density at radius 2 is 1.77 bits per heavy atom. The molecule has 0 aliphatic carbocycles. The maximum atomic E-state index is 4.54. The summed E-state index contributed by atoms with van der Waals surface area (Å²) in [6, 6.07) is 12.2. The number of benzene rings is 1. The highest BCUT2D eigenvalue weighted by Crippen LogP contribution is 2.32. The number of nitrogens with zero attached hydrogens (tertiary/aromatic N) is 3. The first-order chi connectivity index (χ1) is 14.8. The van der Waals surface area contributed by atoms with Crippen molar-refractivity contribution < 1.29 is 0 Å². The molecule has 0 saturated carbocycles. The van der Waals surface area contributed by atoms with Gasteiger partial charge in [0.1, 0.15) is 11.6 Å². The third kappa shape index (κ3) is 6.44. The van der Waals surface area contributed by atoms with E-state index in [1.54, 1.807) is 18.0 Å². The highest BCUT2D eigenvalue weighted by molar-refractivity contribution is 8.11. The van der Waals surface area contributed by atoms with E-state index in [0.29, 0.717) is 0 Å². The van der Waals surface area contributed by atoms with Crippen LogP contribution in [-0.2, 0) is 0 Å². The lowest BCUT2D eigenvalue weighted by Gasteiger charge is -2.13. The van der Waals surface area contributed by atoms with E-state index in [1.165, 1.54) is 0 Å². The van der Waals surface area contributed by atoms with E-state index in [-0.39, 0.29) is 0 Å². The molecule has 2 N–H and O–H groups in total. The van der Waals surface area contributed by atoms with Gasteiger partial charge in [0.2, 0.25) is 0 Å². The fourth-order valence-electron chi connectivity index (χ4n) is 3.00. The zero-order valence-corrected chi connectivity index (χ0v) is 19.2. The number of fused-ring (bicyclic) bond motifs is 1. The second kappa shape index (κ2) is 10.3. The number of nitrogens with one attached hydrogen (secondary N) is 2. The minimum Gasteiger partial charge on any atom is -0.369 e. The molecule has 0 aliphatic heterocycles. The molecule has 0 spiro atoms. The zero-order valence-electron chi connectivity index (χ0n) is 18.4. The number of rotatable bonds is 10. The van der Waals surface area contributed by atoms with Crippen LogP contribution < -0.4 is 10.6 Å². The summed E-state index contributed by atoms with van der Waals surface area (Å²) in [6.07, 6.45) is 3.65. The quantitative estimate of drug-likeness (QED) is 0.415. The minimum absolute atomic E-state index is 0.742. The van der Waals surface area contributed by atoms with E-state index in [9.17, 15) is 0 Å². The van der Waals surface area contributed by atoms with E-state index in [1.807, 2.05) is 45.4 Å². The normalized spacial score (nSPS) is 10.8. The molecule has 31 heavy (non-hydrogen) atoms. The van der Waals surface area contributed by atoms with Crippen LogP contribution in [0.25, 0.3) is 21.4 Å². The van der Waals surface area contributed by atoms with Crippen molar-refractivity contribution in [2.24, 2.45) is 0 Å². The summed E-state index contributed by atoms with van der Waals surface area (Å²) in [4.78, 5) is 13.0. The average molecular weight is 432 g/mol. The van der Waals surface area contributed by atoms with Crippen molar-refractivity contribution >= 4 is 44.8 Å². The first-order valence-electron chi connectivity index (χ1n) is 10.1. The molecule has 2 aromatic heterocycles. The highest BCUT2D eigenvalue weighted by Gasteiger charge is 2.06. The van der Waals surface area contributed by atoms with E-state index >= 15 is 0 Å². The summed E-state index contributed by atoms with van der Waals surface area (Å²) in [5, 5.41) is 8.82. The number of hydrogen-bond acceptors (Lipinski definition) is 6. The number of pyridine rings is 2. The topological polar surface area (TPSA) is 53.1 Å². The Kier molecular flexibility index (Phi) is 7.50. The molecule has 0 bridgehead atoms. The maximum Gasteiger partial charge on any atom is 0.130 e. The van der Waals surface area contributed by atoms with E-state index in [4.69, 9.17) is 0 Å². The number of allylic oxidation sites excluding steroid dienone is 1. The number of hydrogen-bond donors (Lipinski definition) is 2. The lowest BCUT2D eigenvalue weighted by molar-refractivity contribution is 0.425. The second-order valence-corrected chi connectivity index (χ2v) is 9.02. The monoisotopic (exact) mass is 431 g/mol. The molecule has 1 aromatic carbocycles. The van der Waals surface area contributed by atoms with Crippen molar-refractivity contribution in [3.8, 4) is 0 Å². The molecule has 0 amide bonds. The summed E-state index contributed by atoms with van der Waals surface area (Å²) in [5.74, 6) is 1.57. The van der Waals surface area contributed by atoms with Crippen molar-refractivity contribution in [2.45, 2.75) is 6.92 Å². The van der Waals surface area contributed by atoms with Gasteiger partial charge in [-0.3, -0.25) is 0 Å². The van der Waals surface area contributed by atoms with Gasteiger partial charge in [0, 0.05) is 47.0 Å². The molecule has 0 atom stereocenters. The van der Waals surface area contributed by atoms with Crippen molar-refractivity contribution in [1.82, 2.24) is 14.9 Å². The van der Waals surface area contributed by atoms with Gasteiger partial charge in [0.15, 0.2) is 0 Å². The summed E-state index contributed by atoms with van der Waals surface area (Å²) < 4.78 is 0. The van der Waals surface area contributed by atoms with Gasteiger partial charge in [-0.25, -0.2) is 9.97 Å². The van der Waals surface area contributed by atoms with E-state index in [2.05, 4.69) is 63.4 Å². The van der Waals surface area contributed by atoms with Crippen molar-refractivity contribution in [2.75, 3.05) is 37.8 Å². The molecule has 5 nitrogen and oxygen atoms in total. The van der Waals surface area contributed by atoms with Crippen molar-refractivity contribution in [3.05, 3.63) is 84.6 Å². The lowest BCUT2D eigenvalue weighted by atomic mass is 10.1. The highest BCUT2D eigenvalue weighted by atomic mass is 32.2. The van der Waals surface area contributed by atoms with Gasteiger partial charge in [-0.1, -0.05) is 43.6 Å². The molecule has 160 valence electrons. The Hall–Kier alpha value is -3.09. The predicted molar refractivity (Wildman–Crippen MR) is 137 cm³/mol. The van der Waals surface area contributed by atoms with E-state index in [0.717, 1.165) is 62.1 Å². The Bertz CT molecular complexity index is 1120. The van der Waals surface area contributed by atoms with Crippen molar-refractivity contribution in [1.29, 1.82) is 0 Å². The van der Waals surface area contributed by atoms with Crippen LogP contribution in [0, 0.1) is 0 Å². The Balaban J connectivity index is 1.74. The van der Waals surface area contributed by atoms with Crippen LogP contribution in [0.2, 0.25) is 0 Å². The first kappa shape index (κ1) is 22.6. The van der Waals surface area contributed by atoms with Crippen LogP contribution in [-0.4, -0.2) is 42.1 Å². The molecule has 3 rings (SSSR count). The fraction of sp³-hybridized carbons (Fsp3) is 0.200. The third-order valence-electron chi connectivity index (χ3n) is 4.59. The predicted octanol–water partition coefficient (Wildman–Crippen LogP) is 5.92. The standard InChI is InChI=1S/C25H29N5S/c1-17(2)31-19(4)21-7-8-22-16-28-25(15-23(22)13-21)29-18(3)20-9-10-26-24(14-20)27-11-12-30(5)6/h7-10,13-16H,1,3-4,11-12H2,2,5-6H3,(H,26,27)(H,28,29). The molecule has 0 radical (unpaired) electrons. The first-order valence-corrected chi connectivity index (χ1v) is 10.9. The molecular formula is C25H29N5S. The van der Waals surface area contributed by atoms with Crippen LogP contribution in [0.5, 0.6) is 0 Å². The van der Waals surface area contributed by atoms with Crippen LogP contribution in [0.4, 0.5) is 11.6 Å². The smallest absolute Gasteiger partial charge is 0.130 e. The third-order valence-corrected chi connectivity index (χ3v) is 5.42. The SMILES string of the molecule is C=C(C)SC(=C)c1ccc2cnc(NC(=C)c3ccnc(NCCN(C)C)c3)cc2c1. The van der Waals surface area contributed by atoms with Crippen LogP contribution in [0.3, 0.4) is 0 Å². The maximum absolute atomic E-state index is 4.54. The molecule has 2 heterocycles. The van der Waals surface area contributed by atoms with Gasteiger partial charge in [0.05, 0.1) is 0 Å². The number of thioether (sulfide) groups is 1. The number of likely N-dealkylation sites (N-methyl/N-ethyl adjacent to an activating group) is 1. The van der Waals surface area contributed by atoms with Gasteiger partial charge in [0.25, 0.3) is 0 Å². The average Bonchev–Trinajstić information content (AvgIpc) is 2.72. The summed E-state index contributed by atoms with van der Waals surface area (Å²) in [7, 11) is 4.10. The summed E-state index contributed by atoms with van der Waals surface area (Å²) >= 11 is 1.59. The lowest BCUT2D eigenvalue weighted by Crippen LogP contribution is -2.21. The van der Waals surface area contributed by atoms with Gasteiger partial charge < -0.3 is 15.5 Å². The Morgan fingerprint density at radius 3 is 2.52 bits per heavy atom. The Labute approximate surface area is 189 Å². The zero-order chi connectivity index (χ0) is 22.4. The van der Waals surface area contributed by atoms with Crippen LogP contribution >= 0.6 is 11.8 Å². The van der Waals surface area contributed by atoms with Crippen LogP contribution in [0.1, 0.15) is 18.1 Å². The van der Waals surface area contributed by atoms with Gasteiger partial charge in [-0.2, -0.15) is 0 Å². The second-order valence-electron chi connectivity index (χ2n) is 7.62. The van der Waals surface area contributed by atoms with Gasteiger partial charge in [-0.05, 0) is 61.1 Å². The molecule has 6 heteroatoms. The summed E-state index contributed by atoms with van der Waals surface area (Å²) in [6.45, 7) is 16.0. The Morgan fingerprint density at radius 1 is 0.968 bits per heavy atom. The number of anilines is 2. The molecule has 0 unspecified atom stereocenters. The molecule has 0 fully saturated rings. The molecule has 0 aliphatic rings. The van der Waals surface area contributed by atoms with Gasteiger partial charge >= 0.3 is 0 Å². The van der Waals surface area contributed by atoms with Crippen LogP contribution in [0.15, 0.2) is 73.4 Å². The van der Waals surface area contributed by atoms with Crippen molar-refractivity contribution in [3.63, 3.8) is 0 Å². The summed E-state index contributed by atoms with van der Waals surface area (Å²) in [5.41, 5.74) is 2.81.